The minimum Gasteiger partial charge on any atom is -0.409 e. The van der Waals surface area contributed by atoms with E-state index < -0.39 is 0 Å². The highest BCUT2D eigenvalue weighted by Gasteiger charge is 2.16. The molecule has 94 valence electrons. The summed E-state index contributed by atoms with van der Waals surface area (Å²) in [5, 5.41) is 11.4. The Labute approximate surface area is 97.2 Å². The van der Waals surface area contributed by atoms with Gasteiger partial charge in [0.15, 0.2) is 0 Å². The van der Waals surface area contributed by atoms with E-state index in [2.05, 4.69) is 17.0 Å². The lowest BCUT2D eigenvalue weighted by molar-refractivity contribution is -0.00443. The van der Waals surface area contributed by atoms with E-state index in [1.807, 2.05) is 0 Å². The molecule has 1 heterocycles. The number of rotatable bonds is 6. The molecule has 0 aromatic heterocycles. The molecule has 1 rings (SSSR count). The molecular formula is C11H23N3O2. The van der Waals surface area contributed by atoms with Gasteiger partial charge in [-0.1, -0.05) is 12.1 Å². The number of amidine groups is 1. The Morgan fingerprint density at radius 2 is 2.38 bits per heavy atom. The normalized spacial score (nSPS) is 22.6. The van der Waals surface area contributed by atoms with E-state index >= 15 is 0 Å². The second-order valence-corrected chi connectivity index (χ2v) is 4.22. The van der Waals surface area contributed by atoms with E-state index in [0.29, 0.717) is 18.4 Å². The Hall–Kier alpha value is -0.810. The molecule has 0 spiro atoms. The van der Waals surface area contributed by atoms with Crippen LogP contribution in [0.5, 0.6) is 0 Å². The molecule has 5 heteroatoms. The molecule has 5 nitrogen and oxygen atoms in total. The second kappa shape index (κ2) is 7.46. The average Bonchev–Trinajstić information content (AvgIpc) is 2.35. The zero-order chi connectivity index (χ0) is 11.8. The number of ether oxygens (including phenoxy) is 1. The third kappa shape index (κ3) is 4.81. The molecule has 1 atom stereocenters. The first kappa shape index (κ1) is 13.3. The molecule has 1 aliphatic rings. The summed E-state index contributed by atoms with van der Waals surface area (Å²) < 4.78 is 5.69. The Morgan fingerprint density at radius 3 is 2.94 bits per heavy atom. The van der Waals surface area contributed by atoms with Crippen LogP contribution in [0, 0.1) is 0 Å². The molecule has 1 saturated heterocycles. The smallest absolute Gasteiger partial charge is 0.140 e. The van der Waals surface area contributed by atoms with Crippen molar-refractivity contribution in [2.24, 2.45) is 10.9 Å². The molecule has 1 fully saturated rings. The lowest BCUT2D eigenvalue weighted by Gasteiger charge is -2.29. The topological polar surface area (TPSA) is 71.1 Å². The van der Waals surface area contributed by atoms with Crippen LogP contribution in [0.1, 0.15) is 32.6 Å². The maximum atomic E-state index is 8.46. The number of hydrogen-bond donors (Lipinski definition) is 2. The van der Waals surface area contributed by atoms with E-state index in [1.54, 1.807) is 0 Å². The Bertz CT molecular complexity index is 215. The van der Waals surface area contributed by atoms with Gasteiger partial charge in [-0.2, -0.15) is 0 Å². The van der Waals surface area contributed by atoms with Crippen LogP contribution >= 0.6 is 0 Å². The third-order valence-corrected chi connectivity index (χ3v) is 3.00. The van der Waals surface area contributed by atoms with Crippen molar-refractivity contribution in [2.45, 2.75) is 38.7 Å². The summed E-state index contributed by atoms with van der Waals surface area (Å²) in [6.07, 6.45) is 4.58. The van der Waals surface area contributed by atoms with Gasteiger partial charge in [0.1, 0.15) is 5.84 Å². The Kier molecular flexibility index (Phi) is 6.18. The van der Waals surface area contributed by atoms with E-state index in [0.717, 1.165) is 32.7 Å². The van der Waals surface area contributed by atoms with Crippen LogP contribution in [0.2, 0.25) is 0 Å². The molecule has 0 aromatic carbocycles. The van der Waals surface area contributed by atoms with Crippen LogP contribution in [0.3, 0.4) is 0 Å². The van der Waals surface area contributed by atoms with Gasteiger partial charge in [-0.15, -0.1) is 0 Å². The standard InChI is InChI=1S/C11H23N3O2/c1-2-14(7-6-11(12)13-15)9-10-5-3-4-8-16-10/h10,15H,2-9H2,1H3,(H2,12,13). The van der Waals surface area contributed by atoms with Crippen LogP contribution in [0.4, 0.5) is 0 Å². The van der Waals surface area contributed by atoms with Crippen molar-refractivity contribution >= 4 is 5.84 Å². The predicted octanol–water partition coefficient (Wildman–Crippen LogP) is 1.01. The number of oxime groups is 1. The van der Waals surface area contributed by atoms with Crippen molar-refractivity contribution < 1.29 is 9.94 Å². The maximum absolute atomic E-state index is 8.46. The minimum absolute atomic E-state index is 0.294. The summed E-state index contributed by atoms with van der Waals surface area (Å²) in [6, 6.07) is 0. The highest BCUT2D eigenvalue weighted by Crippen LogP contribution is 2.13. The van der Waals surface area contributed by atoms with Crippen LogP contribution < -0.4 is 5.73 Å². The van der Waals surface area contributed by atoms with Gasteiger partial charge in [-0.25, -0.2) is 0 Å². The number of likely N-dealkylation sites (N-methyl/N-ethyl adjacent to an activating group) is 1. The summed E-state index contributed by atoms with van der Waals surface area (Å²) >= 11 is 0. The molecule has 0 saturated carbocycles. The van der Waals surface area contributed by atoms with Gasteiger partial charge >= 0.3 is 0 Å². The molecule has 1 unspecified atom stereocenters. The summed E-state index contributed by atoms with van der Waals surface area (Å²) in [7, 11) is 0. The summed E-state index contributed by atoms with van der Waals surface area (Å²) in [6.45, 7) is 5.76. The van der Waals surface area contributed by atoms with Crippen molar-refractivity contribution in [3.8, 4) is 0 Å². The lowest BCUT2D eigenvalue weighted by atomic mass is 10.1. The SMILES string of the molecule is CCN(CCC(N)=NO)CC1CCCCO1. The zero-order valence-electron chi connectivity index (χ0n) is 10.1. The fourth-order valence-electron chi connectivity index (χ4n) is 1.94. The van der Waals surface area contributed by atoms with E-state index in [-0.39, 0.29) is 0 Å². The molecule has 0 amide bonds. The largest absolute Gasteiger partial charge is 0.409 e. The maximum Gasteiger partial charge on any atom is 0.140 e. The Balaban J connectivity index is 2.24. The molecule has 0 aromatic rings. The Morgan fingerprint density at radius 1 is 1.56 bits per heavy atom. The first-order valence-electron chi connectivity index (χ1n) is 6.06. The van der Waals surface area contributed by atoms with Gasteiger partial charge in [-0.3, -0.25) is 0 Å². The van der Waals surface area contributed by atoms with Crippen LogP contribution in [-0.4, -0.2) is 48.3 Å². The van der Waals surface area contributed by atoms with E-state index in [1.165, 1.54) is 12.8 Å². The van der Waals surface area contributed by atoms with Crippen molar-refractivity contribution in [1.29, 1.82) is 0 Å². The zero-order valence-corrected chi connectivity index (χ0v) is 10.1. The highest BCUT2D eigenvalue weighted by atomic mass is 16.5. The van der Waals surface area contributed by atoms with E-state index in [4.69, 9.17) is 15.7 Å². The van der Waals surface area contributed by atoms with Crippen LogP contribution in [-0.2, 0) is 4.74 Å². The molecular weight excluding hydrogens is 206 g/mol. The van der Waals surface area contributed by atoms with Gasteiger partial charge in [-0.05, 0) is 25.8 Å². The van der Waals surface area contributed by atoms with Crippen LogP contribution in [0.15, 0.2) is 5.16 Å². The fraction of sp³-hybridized carbons (Fsp3) is 0.909. The predicted molar refractivity (Wildman–Crippen MR) is 63.7 cm³/mol. The summed E-state index contributed by atoms with van der Waals surface area (Å²) in [4.78, 5) is 2.29. The van der Waals surface area contributed by atoms with Gasteiger partial charge < -0.3 is 20.6 Å². The van der Waals surface area contributed by atoms with Crippen molar-refractivity contribution in [3.05, 3.63) is 0 Å². The van der Waals surface area contributed by atoms with Crippen molar-refractivity contribution in [1.82, 2.24) is 4.90 Å². The molecule has 0 aliphatic carbocycles. The fourth-order valence-corrected chi connectivity index (χ4v) is 1.94. The third-order valence-electron chi connectivity index (χ3n) is 3.00. The van der Waals surface area contributed by atoms with Crippen molar-refractivity contribution in [3.63, 3.8) is 0 Å². The monoisotopic (exact) mass is 229 g/mol. The molecule has 3 N–H and O–H groups in total. The highest BCUT2D eigenvalue weighted by molar-refractivity contribution is 5.79. The first-order valence-corrected chi connectivity index (χ1v) is 6.06. The summed E-state index contributed by atoms with van der Waals surface area (Å²) in [5.41, 5.74) is 5.45. The van der Waals surface area contributed by atoms with E-state index in [9.17, 15) is 0 Å². The first-order chi connectivity index (χ1) is 7.76. The van der Waals surface area contributed by atoms with Crippen LogP contribution in [0.25, 0.3) is 0 Å². The molecule has 16 heavy (non-hydrogen) atoms. The number of nitrogens with two attached hydrogens (primary N) is 1. The second-order valence-electron chi connectivity index (χ2n) is 4.22. The quantitative estimate of drug-likeness (QED) is 0.309. The molecule has 0 bridgehead atoms. The lowest BCUT2D eigenvalue weighted by Crippen LogP contribution is -2.37. The molecule has 1 aliphatic heterocycles. The van der Waals surface area contributed by atoms with Gasteiger partial charge in [0.05, 0.1) is 6.10 Å². The number of nitrogens with zero attached hydrogens (tertiary/aromatic N) is 2. The number of hydrogen-bond acceptors (Lipinski definition) is 4. The van der Waals surface area contributed by atoms with Gasteiger partial charge in [0.2, 0.25) is 0 Å². The van der Waals surface area contributed by atoms with Gasteiger partial charge in [0, 0.05) is 26.1 Å². The van der Waals surface area contributed by atoms with Crippen molar-refractivity contribution in [2.75, 3.05) is 26.2 Å². The average molecular weight is 229 g/mol. The summed E-state index contributed by atoms with van der Waals surface area (Å²) in [5.74, 6) is 0.294. The minimum atomic E-state index is 0.294. The van der Waals surface area contributed by atoms with Gasteiger partial charge in [0.25, 0.3) is 0 Å². The molecule has 0 radical (unpaired) electrons.